The van der Waals surface area contributed by atoms with Crippen LogP contribution in [0.25, 0.3) is 0 Å². The molecule has 21 heavy (non-hydrogen) atoms. The summed E-state index contributed by atoms with van der Waals surface area (Å²) >= 11 is 0. The van der Waals surface area contributed by atoms with Crippen LogP contribution in [0.5, 0.6) is 0 Å². The molecule has 1 aliphatic heterocycles. The van der Waals surface area contributed by atoms with Crippen molar-refractivity contribution >= 4 is 30.7 Å². The molecule has 1 aromatic rings. The monoisotopic (exact) mass is 333 g/mol. The Bertz CT molecular complexity index is 397. The third-order valence-corrected chi connectivity index (χ3v) is 3.62. The van der Waals surface area contributed by atoms with Gasteiger partial charge in [0.15, 0.2) is 0 Å². The lowest BCUT2D eigenvalue weighted by Gasteiger charge is -2.26. The first-order valence-corrected chi connectivity index (χ1v) is 7.08. The molecule has 0 radical (unpaired) electrons. The average Bonchev–Trinajstić information content (AvgIpc) is 2.48. The number of hydrogen-bond acceptors (Lipinski definition) is 3. The first-order chi connectivity index (χ1) is 9.27. The van der Waals surface area contributed by atoms with Crippen LogP contribution in [0.15, 0.2) is 30.3 Å². The normalized spacial score (nSPS) is 16.2. The van der Waals surface area contributed by atoms with E-state index >= 15 is 0 Å². The lowest BCUT2D eigenvalue weighted by Crippen LogP contribution is -2.40. The van der Waals surface area contributed by atoms with E-state index in [2.05, 4.69) is 10.2 Å². The summed E-state index contributed by atoms with van der Waals surface area (Å²) in [5, 5.41) is 2.92. The first kappa shape index (κ1) is 20.2. The zero-order valence-electron chi connectivity index (χ0n) is 12.2. The van der Waals surface area contributed by atoms with Crippen LogP contribution in [0.1, 0.15) is 30.9 Å². The smallest absolute Gasteiger partial charge is 0.241 e. The van der Waals surface area contributed by atoms with Gasteiger partial charge in [0, 0.05) is 13.1 Å². The number of likely N-dealkylation sites (tertiary alicyclic amines) is 1. The molecule has 1 heterocycles. The van der Waals surface area contributed by atoms with Gasteiger partial charge in [0.1, 0.15) is 6.04 Å². The zero-order valence-corrected chi connectivity index (χ0v) is 13.8. The third-order valence-electron chi connectivity index (χ3n) is 3.62. The highest BCUT2D eigenvalue weighted by Crippen LogP contribution is 2.09. The van der Waals surface area contributed by atoms with Crippen molar-refractivity contribution in [2.45, 2.75) is 25.3 Å². The Hall–Kier alpha value is -0.810. The predicted molar refractivity (Wildman–Crippen MR) is 91.2 cm³/mol. The number of halogens is 2. The zero-order chi connectivity index (χ0) is 13.5. The highest BCUT2D eigenvalue weighted by molar-refractivity contribution is 5.85. The van der Waals surface area contributed by atoms with Gasteiger partial charge in [0.05, 0.1) is 0 Å². The Balaban J connectivity index is 0.00000200. The maximum Gasteiger partial charge on any atom is 0.241 e. The molecule has 1 aliphatic rings. The Morgan fingerprint density at radius 2 is 1.76 bits per heavy atom. The second kappa shape index (κ2) is 10.9. The molecule has 1 aromatic carbocycles. The summed E-state index contributed by atoms with van der Waals surface area (Å²) in [7, 11) is 0. The van der Waals surface area contributed by atoms with Gasteiger partial charge in [-0.05, 0) is 31.5 Å². The van der Waals surface area contributed by atoms with Crippen LogP contribution in [0.3, 0.4) is 0 Å². The molecular weight excluding hydrogens is 309 g/mol. The van der Waals surface area contributed by atoms with Crippen molar-refractivity contribution < 1.29 is 4.79 Å². The van der Waals surface area contributed by atoms with Gasteiger partial charge in [0.2, 0.25) is 5.91 Å². The van der Waals surface area contributed by atoms with Crippen molar-refractivity contribution in [1.82, 2.24) is 10.2 Å². The van der Waals surface area contributed by atoms with E-state index in [1.54, 1.807) is 0 Å². The van der Waals surface area contributed by atoms with Gasteiger partial charge in [-0.25, -0.2) is 0 Å². The number of piperidine rings is 1. The molecule has 1 atom stereocenters. The van der Waals surface area contributed by atoms with Crippen LogP contribution in [-0.2, 0) is 4.79 Å². The fourth-order valence-electron chi connectivity index (χ4n) is 2.44. The van der Waals surface area contributed by atoms with E-state index in [4.69, 9.17) is 5.73 Å². The molecular formula is C15H25Cl2N3O. The molecule has 3 N–H and O–H groups in total. The molecule has 0 saturated carbocycles. The molecule has 4 nitrogen and oxygen atoms in total. The Kier molecular flexibility index (Phi) is 10.4. The number of carbonyl (C=O) groups is 1. The molecule has 0 spiro atoms. The molecule has 0 aliphatic carbocycles. The minimum absolute atomic E-state index is 0. The molecule has 1 unspecified atom stereocenters. The maximum atomic E-state index is 11.9. The fraction of sp³-hybridized carbons (Fsp3) is 0.533. The minimum Gasteiger partial charge on any atom is -0.353 e. The van der Waals surface area contributed by atoms with Gasteiger partial charge in [-0.2, -0.15) is 0 Å². The maximum absolute atomic E-state index is 11.9. The molecule has 1 amide bonds. The van der Waals surface area contributed by atoms with Gasteiger partial charge < -0.3 is 16.0 Å². The van der Waals surface area contributed by atoms with Gasteiger partial charge in [0.25, 0.3) is 0 Å². The lowest BCUT2D eigenvalue weighted by atomic mass is 10.1. The summed E-state index contributed by atoms with van der Waals surface area (Å²) in [6.07, 6.45) is 3.89. The van der Waals surface area contributed by atoms with Crippen LogP contribution in [0.2, 0.25) is 0 Å². The average molecular weight is 334 g/mol. The van der Waals surface area contributed by atoms with Crippen molar-refractivity contribution in [3.63, 3.8) is 0 Å². The van der Waals surface area contributed by atoms with Crippen molar-refractivity contribution in [1.29, 1.82) is 0 Å². The van der Waals surface area contributed by atoms with Crippen molar-refractivity contribution in [2.75, 3.05) is 26.2 Å². The Labute approximate surface area is 139 Å². The summed E-state index contributed by atoms with van der Waals surface area (Å²) in [6, 6.07) is 8.92. The molecule has 6 heteroatoms. The molecule has 0 aromatic heterocycles. The van der Waals surface area contributed by atoms with E-state index in [0.29, 0.717) is 6.54 Å². The SMILES string of the molecule is Cl.Cl.NC(C(=O)NCCN1CCCCC1)c1ccccc1. The van der Waals surface area contributed by atoms with Gasteiger partial charge in [-0.1, -0.05) is 36.8 Å². The summed E-state index contributed by atoms with van der Waals surface area (Å²) in [4.78, 5) is 14.3. The standard InChI is InChI=1S/C15H23N3O.2ClH/c16-14(13-7-3-1-4-8-13)15(19)17-9-12-18-10-5-2-6-11-18;;/h1,3-4,7-8,14H,2,5-6,9-12,16H2,(H,17,19);2*1H. The summed E-state index contributed by atoms with van der Waals surface area (Å²) < 4.78 is 0. The number of amides is 1. The van der Waals surface area contributed by atoms with Crippen LogP contribution in [0, 0.1) is 0 Å². The molecule has 1 fully saturated rings. The number of benzene rings is 1. The Morgan fingerprint density at radius 3 is 2.38 bits per heavy atom. The predicted octanol–water partition coefficient (Wildman–Crippen LogP) is 2.13. The van der Waals surface area contributed by atoms with E-state index < -0.39 is 6.04 Å². The first-order valence-electron chi connectivity index (χ1n) is 7.08. The fourth-order valence-corrected chi connectivity index (χ4v) is 2.44. The van der Waals surface area contributed by atoms with E-state index in [9.17, 15) is 4.79 Å². The van der Waals surface area contributed by atoms with Crippen LogP contribution >= 0.6 is 24.8 Å². The quantitative estimate of drug-likeness (QED) is 0.867. The highest BCUT2D eigenvalue weighted by atomic mass is 35.5. The van der Waals surface area contributed by atoms with Crippen molar-refractivity contribution in [3.8, 4) is 0 Å². The van der Waals surface area contributed by atoms with Crippen molar-refractivity contribution in [2.24, 2.45) is 5.73 Å². The highest BCUT2D eigenvalue weighted by Gasteiger charge is 2.15. The van der Waals surface area contributed by atoms with Crippen LogP contribution in [-0.4, -0.2) is 37.0 Å². The third kappa shape index (κ3) is 6.66. The second-order valence-corrected chi connectivity index (χ2v) is 5.08. The van der Waals surface area contributed by atoms with E-state index in [1.165, 1.54) is 19.3 Å². The van der Waals surface area contributed by atoms with E-state index in [-0.39, 0.29) is 30.7 Å². The minimum atomic E-state index is -0.567. The Morgan fingerprint density at radius 1 is 1.14 bits per heavy atom. The second-order valence-electron chi connectivity index (χ2n) is 5.08. The van der Waals surface area contributed by atoms with Crippen molar-refractivity contribution in [3.05, 3.63) is 35.9 Å². The van der Waals surface area contributed by atoms with E-state index in [0.717, 1.165) is 25.2 Å². The summed E-state index contributed by atoms with van der Waals surface area (Å²) in [5.74, 6) is -0.0943. The molecule has 120 valence electrons. The topological polar surface area (TPSA) is 58.4 Å². The van der Waals surface area contributed by atoms with Crippen LogP contribution in [0.4, 0.5) is 0 Å². The summed E-state index contributed by atoms with van der Waals surface area (Å²) in [5.41, 5.74) is 6.79. The molecule has 2 rings (SSSR count). The van der Waals surface area contributed by atoms with E-state index in [1.807, 2.05) is 30.3 Å². The van der Waals surface area contributed by atoms with Gasteiger partial charge in [-0.3, -0.25) is 4.79 Å². The number of nitrogens with two attached hydrogens (primary N) is 1. The molecule has 1 saturated heterocycles. The largest absolute Gasteiger partial charge is 0.353 e. The van der Waals surface area contributed by atoms with Gasteiger partial charge >= 0.3 is 0 Å². The number of nitrogens with zero attached hydrogens (tertiary/aromatic N) is 1. The number of nitrogens with one attached hydrogen (secondary N) is 1. The van der Waals surface area contributed by atoms with Gasteiger partial charge in [-0.15, -0.1) is 24.8 Å². The lowest BCUT2D eigenvalue weighted by molar-refractivity contribution is -0.122. The number of hydrogen-bond donors (Lipinski definition) is 2. The summed E-state index contributed by atoms with van der Waals surface area (Å²) in [6.45, 7) is 3.91. The number of carbonyl (C=O) groups excluding carboxylic acids is 1. The van der Waals surface area contributed by atoms with Crippen LogP contribution < -0.4 is 11.1 Å². The molecule has 0 bridgehead atoms. The number of rotatable bonds is 5.